The van der Waals surface area contributed by atoms with Crippen LogP contribution in [0.5, 0.6) is 0 Å². The number of fused-ring (bicyclic) bond motifs is 1. The Bertz CT molecular complexity index is 1560. The average molecular weight is 449 g/mol. The zero-order chi connectivity index (χ0) is 23.2. The Kier molecular flexibility index (Phi) is 4.83. The molecule has 1 fully saturated rings. The van der Waals surface area contributed by atoms with Crippen molar-refractivity contribution in [3.63, 3.8) is 0 Å². The molecule has 34 heavy (non-hydrogen) atoms. The molecule has 1 aliphatic rings. The van der Waals surface area contributed by atoms with Gasteiger partial charge in [0.05, 0.1) is 11.6 Å². The van der Waals surface area contributed by atoms with Crippen LogP contribution >= 0.6 is 0 Å². The van der Waals surface area contributed by atoms with Crippen molar-refractivity contribution >= 4 is 10.8 Å². The molecule has 4 aromatic heterocycles. The lowest BCUT2D eigenvalue weighted by Crippen LogP contribution is -2.22. The van der Waals surface area contributed by atoms with Gasteiger partial charge in [-0.05, 0) is 56.5 Å². The summed E-state index contributed by atoms with van der Waals surface area (Å²) in [6, 6.07) is 15.8. The van der Waals surface area contributed by atoms with Crippen LogP contribution in [0.1, 0.15) is 44.3 Å². The summed E-state index contributed by atoms with van der Waals surface area (Å²) in [4.78, 5) is 27.3. The number of aromatic nitrogens is 6. The van der Waals surface area contributed by atoms with E-state index in [1.807, 2.05) is 42.7 Å². The third kappa shape index (κ3) is 3.59. The lowest BCUT2D eigenvalue weighted by molar-refractivity contribution is 0.605. The fraction of sp³-hybridized carbons (Fsp3) is 0.222. The van der Waals surface area contributed by atoms with Crippen molar-refractivity contribution < 1.29 is 0 Å². The predicted molar refractivity (Wildman–Crippen MR) is 132 cm³/mol. The summed E-state index contributed by atoms with van der Waals surface area (Å²) in [6.45, 7) is 4.19. The molecule has 0 spiro atoms. The summed E-state index contributed by atoms with van der Waals surface area (Å²) >= 11 is 0. The minimum Gasteiger partial charge on any atom is -0.327 e. The van der Waals surface area contributed by atoms with Crippen LogP contribution in [-0.4, -0.2) is 29.3 Å². The zero-order valence-electron chi connectivity index (χ0n) is 19.1. The van der Waals surface area contributed by atoms with Gasteiger partial charge in [0.25, 0.3) is 5.56 Å². The standard InChI is InChI=1S/C27H24N6O/c1-17(2)32-13-12-28-26(32)24-4-3-5-25(31-24)33-27(34)22-14-19(8-9-21(22)16-30-33)20-10-11-23(29-15-20)18-6-7-18/h3-5,8-18H,6-7H2,1-2H3. The molecule has 1 saturated carbocycles. The number of benzene rings is 1. The van der Waals surface area contributed by atoms with E-state index < -0.39 is 0 Å². The van der Waals surface area contributed by atoms with Gasteiger partial charge in [-0.1, -0.05) is 24.3 Å². The number of nitrogens with zero attached hydrogens (tertiary/aromatic N) is 6. The van der Waals surface area contributed by atoms with Crippen LogP contribution in [0.3, 0.4) is 0 Å². The lowest BCUT2D eigenvalue weighted by atomic mass is 10.0. The molecule has 0 radical (unpaired) electrons. The van der Waals surface area contributed by atoms with E-state index in [-0.39, 0.29) is 11.6 Å². The molecule has 1 aliphatic carbocycles. The van der Waals surface area contributed by atoms with Gasteiger partial charge in [0.2, 0.25) is 0 Å². The number of imidazole rings is 1. The van der Waals surface area contributed by atoms with Crippen LogP contribution in [0, 0.1) is 0 Å². The van der Waals surface area contributed by atoms with Crippen molar-refractivity contribution in [3.05, 3.63) is 89.4 Å². The van der Waals surface area contributed by atoms with E-state index in [4.69, 9.17) is 4.98 Å². The number of hydrogen-bond donors (Lipinski definition) is 0. The van der Waals surface area contributed by atoms with Gasteiger partial charge in [-0.3, -0.25) is 9.78 Å². The van der Waals surface area contributed by atoms with E-state index in [1.165, 1.54) is 17.5 Å². The van der Waals surface area contributed by atoms with Crippen LogP contribution in [0.4, 0.5) is 0 Å². The predicted octanol–water partition coefficient (Wildman–Crippen LogP) is 5.16. The first-order valence-corrected chi connectivity index (χ1v) is 11.6. The van der Waals surface area contributed by atoms with Crippen LogP contribution < -0.4 is 5.56 Å². The summed E-state index contributed by atoms with van der Waals surface area (Å²) in [5.74, 6) is 1.84. The second-order valence-corrected chi connectivity index (χ2v) is 9.04. The van der Waals surface area contributed by atoms with Crippen LogP contribution in [0.25, 0.3) is 39.2 Å². The minimum atomic E-state index is -0.209. The van der Waals surface area contributed by atoms with Gasteiger partial charge in [-0.2, -0.15) is 9.78 Å². The van der Waals surface area contributed by atoms with Gasteiger partial charge in [-0.25, -0.2) is 9.97 Å². The Morgan fingerprint density at radius 3 is 2.59 bits per heavy atom. The van der Waals surface area contributed by atoms with Gasteiger partial charge in [0.1, 0.15) is 5.69 Å². The molecule has 0 N–H and O–H groups in total. The van der Waals surface area contributed by atoms with Gasteiger partial charge in [0.15, 0.2) is 11.6 Å². The minimum absolute atomic E-state index is 0.209. The van der Waals surface area contributed by atoms with Gasteiger partial charge < -0.3 is 4.57 Å². The highest BCUT2D eigenvalue weighted by Crippen LogP contribution is 2.39. The van der Waals surface area contributed by atoms with Crippen molar-refractivity contribution in [1.82, 2.24) is 29.3 Å². The Labute approximate surface area is 196 Å². The maximum atomic E-state index is 13.5. The highest BCUT2D eigenvalue weighted by Gasteiger charge is 2.24. The summed E-state index contributed by atoms with van der Waals surface area (Å²) in [6.07, 6.45) is 9.75. The fourth-order valence-electron chi connectivity index (χ4n) is 4.27. The maximum absolute atomic E-state index is 13.5. The van der Waals surface area contributed by atoms with E-state index >= 15 is 0 Å². The first kappa shape index (κ1) is 20.5. The van der Waals surface area contributed by atoms with Gasteiger partial charge >= 0.3 is 0 Å². The molecular formula is C27H24N6O. The van der Waals surface area contributed by atoms with Crippen molar-refractivity contribution in [2.24, 2.45) is 0 Å². The van der Waals surface area contributed by atoms with E-state index in [1.54, 1.807) is 18.5 Å². The molecule has 0 amide bonds. The molecule has 0 atom stereocenters. The Morgan fingerprint density at radius 1 is 0.971 bits per heavy atom. The average Bonchev–Trinajstić information content (AvgIpc) is 3.59. The topological polar surface area (TPSA) is 78.5 Å². The maximum Gasteiger partial charge on any atom is 0.280 e. The second kappa shape index (κ2) is 8.02. The van der Waals surface area contributed by atoms with E-state index in [0.717, 1.165) is 28.0 Å². The molecule has 4 heterocycles. The molecule has 6 rings (SSSR count). The van der Waals surface area contributed by atoms with E-state index in [0.29, 0.717) is 22.8 Å². The summed E-state index contributed by atoms with van der Waals surface area (Å²) in [5, 5.41) is 5.78. The molecule has 1 aromatic carbocycles. The van der Waals surface area contributed by atoms with E-state index in [2.05, 4.69) is 45.6 Å². The molecule has 0 aliphatic heterocycles. The van der Waals surface area contributed by atoms with Crippen molar-refractivity contribution in [3.8, 4) is 28.5 Å². The first-order chi connectivity index (χ1) is 16.6. The van der Waals surface area contributed by atoms with Crippen LogP contribution in [0.15, 0.2) is 78.1 Å². The number of hydrogen-bond acceptors (Lipinski definition) is 5. The SMILES string of the molecule is CC(C)n1ccnc1-c1cccc(-n2ncc3ccc(-c4ccc(C5CC5)nc4)cc3c2=O)n1. The quantitative estimate of drug-likeness (QED) is 0.371. The zero-order valence-corrected chi connectivity index (χ0v) is 19.1. The Morgan fingerprint density at radius 2 is 1.82 bits per heavy atom. The lowest BCUT2D eigenvalue weighted by Gasteiger charge is -2.12. The van der Waals surface area contributed by atoms with Gasteiger partial charge in [-0.15, -0.1) is 0 Å². The third-order valence-corrected chi connectivity index (χ3v) is 6.31. The molecule has 7 nitrogen and oxygen atoms in total. The Balaban J connectivity index is 1.41. The molecule has 0 saturated heterocycles. The molecule has 168 valence electrons. The third-order valence-electron chi connectivity index (χ3n) is 6.31. The highest BCUT2D eigenvalue weighted by molar-refractivity contribution is 5.86. The van der Waals surface area contributed by atoms with Crippen molar-refractivity contribution in [2.75, 3.05) is 0 Å². The summed E-state index contributed by atoms with van der Waals surface area (Å²) < 4.78 is 3.41. The number of rotatable bonds is 5. The molecule has 7 heteroatoms. The van der Waals surface area contributed by atoms with Crippen molar-refractivity contribution in [1.29, 1.82) is 0 Å². The van der Waals surface area contributed by atoms with Gasteiger partial charge in [0, 0.05) is 47.2 Å². The van der Waals surface area contributed by atoms with E-state index in [9.17, 15) is 4.79 Å². The normalized spacial score (nSPS) is 13.6. The summed E-state index contributed by atoms with van der Waals surface area (Å²) in [5.41, 5.74) is 3.59. The monoisotopic (exact) mass is 448 g/mol. The molecule has 5 aromatic rings. The Hall–Kier alpha value is -4.13. The second-order valence-electron chi connectivity index (χ2n) is 9.04. The largest absolute Gasteiger partial charge is 0.327 e. The smallest absolute Gasteiger partial charge is 0.280 e. The molecular weight excluding hydrogens is 424 g/mol. The first-order valence-electron chi connectivity index (χ1n) is 11.6. The molecule has 0 bridgehead atoms. The number of pyridine rings is 2. The molecule has 0 unspecified atom stereocenters. The van der Waals surface area contributed by atoms with Crippen LogP contribution in [-0.2, 0) is 0 Å². The van der Waals surface area contributed by atoms with Crippen molar-refractivity contribution in [2.45, 2.75) is 38.6 Å². The fourth-order valence-corrected chi connectivity index (χ4v) is 4.27. The van der Waals surface area contributed by atoms with Crippen LogP contribution in [0.2, 0.25) is 0 Å². The highest BCUT2D eigenvalue weighted by atomic mass is 16.1. The summed E-state index contributed by atoms with van der Waals surface area (Å²) in [7, 11) is 0.